The predicted molar refractivity (Wildman–Crippen MR) is 106 cm³/mol. The van der Waals surface area contributed by atoms with E-state index in [0.29, 0.717) is 0 Å². The number of amides is 1. The second-order valence-electron chi connectivity index (χ2n) is 6.59. The third-order valence-corrected chi connectivity index (χ3v) is 4.95. The van der Waals surface area contributed by atoms with Crippen LogP contribution in [0, 0.1) is 0 Å². The van der Waals surface area contributed by atoms with Gasteiger partial charge in [0.05, 0.1) is 6.04 Å². The Morgan fingerprint density at radius 3 is 2.08 bits per heavy atom. The van der Waals surface area contributed by atoms with E-state index >= 15 is 0 Å². The van der Waals surface area contributed by atoms with E-state index in [0.717, 1.165) is 28.8 Å². The van der Waals surface area contributed by atoms with E-state index in [-0.39, 0.29) is 11.9 Å². The molecule has 0 bridgehead atoms. The van der Waals surface area contributed by atoms with Crippen LogP contribution in [0.1, 0.15) is 40.0 Å². The van der Waals surface area contributed by atoms with Gasteiger partial charge >= 0.3 is 0 Å². The third kappa shape index (κ3) is 2.95. The summed E-state index contributed by atoms with van der Waals surface area (Å²) in [5, 5.41) is 0. The average molecular weight is 339 g/mol. The van der Waals surface area contributed by atoms with Gasteiger partial charge in [-0.1, -0.05) is 84.9 Å². The fraction of sp³-hybridized carbons (Fsp3) is 0.125. The zero-order valence-electron chi connectivity index (χ0n) is 14.8. The van der Waals surface area contributed by atoms with E-state index in [4.69, 9.17) is 0 Å². The Kier molecular flexibility index (Phi) is 4.40. The predicted octanol–water partition coefficient (Wildman–Crippen LogP) is 5.49. The minimum Gasteiger partial charge on any atom is -0.301 e. The van der Waals surface area contributed by atoms with E-state index in [2.05, 4.69) is 37.3 Å². The summed E-state index contributed by atoms with van der Waals surface area (Å²) in [6.45, 7) is 2.09. The lowest BCUT2D eigenvalue weighted by Gasteiger charge is -2.26. The largest absolute Gasteiger partial charge is 0.301 e. The number of nitrogens with zero attached hydrogens (tertiary/aromatic N) is 1. The Morgan fingerprint density at radius 1 is 0.808 bits per heavy atom. The first-order valence-corrected chi connectivity index (χ1v) is 8.97. The smallest absolute Gasteiger partial charge is 0.259 e. The molecule has 0 N–H and O–H groups in total. The summed E-state index contributed by atoms with van der Waals surface area (Å²) in [5.74, 6) is 0.0799. The summed E-state index contributed by atoms with van der Waals surface area (Å²) < 4.78 is 0. The zero-order valence-corrected chi connectivity index (χ0v) is 14.8. The van der Waals surface area contributed by atoms with Crippen molar-refractivity contribution in [1.29, 1.82) is 0 Å². The molecule has 0 aromatic heterocycles. The Balaban J connectivity index is 1.75. The van der Waals surface area contributed by atoms with Gasteiger partial charge in [0.25, 0.3) is 5.91 Å². The van der Waals surface area contributed by atoms with Crippen molar-refractivity contribution in [3.05, 3.63) is 113 Å². The van der Waals surface area contributed by atoms with Gasteiger partial charge in [-0.3, -0.25) is 4.79 Å². The van der Waals surface area contributed by atoms with Crippen molar-refractivity contribution in [3.8, 4) is 0 Å². The van der Waals surface area contributed by atoms with Crippen LogP contribution in [-0.4, -0.2) is 10.8 Å². The third-order valence-electron chi connectivity index (χ3n) is 4.95. The maximum absolute atomic E-state index is 13.1. The Hall–Kier alpha value is -3.13. The molecular formula is C24H21NO. The van der Waals surface area contributed by atoms with E-state index in [1.54, 1.807) is 0 Å². The first-order valence-electron chi connectivity index (χ1n) is 8.97. The number of allylic oxidation sites excluding steroid dienone is 1. The highest BCUT2D eigenvalue weighted by molar-refractivity contribution is 6.09. The van der Waals surface area contributed by atoms with Gasteiger partial charge in [0.1, 0.15) is 0 Å². The van der Waals surface area contributed by atoms with Gasteiger partial charge in [-0.15, -0.1) is 0 Å². The lowest BCUT2D eigenvalue weighted by molar-refractivity contribution is 0.0811. The van der Waals surface area contributed by atoms with Gasteiger partial charge < -0.3 is 4.90 Å². The molecule has 2 heteroatoms. The summed E-state index contributed by atoms with van der Waals surface area (Å²) in [5.41, 5.74) is 5.19. The van der Waals surface area contributed by atoms with Crippen LogP contribution in [0.5, 0.6) is 0 Å². The monoisotopic (exact) mass is 339 g/mol. The topological polar surface area (TPSA) is 20.3 Å². The van der Waals surface area contributed by atoms with Crippen molar-refractivity contribution in [2.24, 2.45) is 0 Å². The maximum Gasteiger partial charge on any atom is 0.259 e. The molecule has 0 saturated carbocycles. The fourth-order valence-electron chi connectivity index (χ4n) is 3.56. The number of benzene rings is 3. The zero-order chi connectivity index (χ0) is 17.9. The van der Waals surface area contributed by atoms with Gasteiger partial charge in [-0.05, 0) is 30.5 Å². The molecule has 0 spiro atoms. The minimum atomic E-state index is -0.0156. The van der Waals surface area contributed by atoms with E-state index < -0.39 is 0 Å². The lowest BCUT2D eigenvalue weighted by atomic mass is 10.0. The molecule has 1 amide bonds. The Labute approximate surface area is 154 Å². The van der Waals surface area contributed by atoms with Gasteiger partial charge in [0.15, 0.2) is 0 Å². The number of carbonyl (C=O) groups excluding carboxylic acids is 1. The van der Waals surface area contributed by atoms with Crippen molar-refractivity contribution in [2.75, 3.05) is 0 Å². The number of fused-ring (bicyclic) bond motifs is 1. The second kappa shape index (κ2) is 7.01. The minimum absolute atomic E-state index is 0.0156. The molecule has 3 aromatic rings. The summed E-state index contributed by atoms with van der Waals surface area (Å²) in [4.78, 5) is 15.1. The molecule has 3 aromatic carbocycles. The number of rotatable bonds is 4. The summed E-state index contributed by atoms with van der Waals surface area (Å²) in [7, 11) is 0. The van der Waals surface area contributed by atoms with Gasteiger partial charge in [0, 0.05) is 16.8 Å². The standard InChI is InChI=1S/C24H21NO/c1-18(20-12-6-3-7-13-20)25-23(17-16-19-10-4-2-5-11-19)21-14-8-9-15-22(21)24(25)26/h2-15,17-18H,16H2,1H3/b23-17+/t18-/m0/s1. The Morgan fingerprint density at radius 2 is 1.38 bits per heavy atom. The van der Waals surface area contributed by atoms with Crippen LogP contribution in [0.4, 0.5) is 0 Å². The average Bonchev–Trinajstić information content (AvgIpc) is 2.99. The Bertz CT molecular complexity index is 944. The fourth-order valence-corrected chi connectivity index (χ4v) is 3.56. The highest BCUT2D eigenvalue weighted by Crippen LogP contribution is 2.39. The van der Waals surface area contributed by atoms with Crippen LogP contribution < -0.4 is 0 Å². The van der Waals surface area contributed by atoms with Crippen molar-refractivity contribution >= 4 is 11.6 Å². The number of carbonyl (C=O) groups is 1. The molecule has 2 nitrogen and oxygen atoms in total. The molecule has 0 unspecified atom stereocenters. The molecule has 4 rings (SSSR count). The summed E-state index contributed by atoms with van der Waals surface area (Å²) in [6, 6.07) is 28.4. The highest BCUT2D eigenvalue weighted by atomic mass is 16.2. The molecule has 0 radical (unpaired) electrons. The van der Waals surface area contributed by atoms with Crippen molar-refractivity contribution in [3.63, 3.8) is 0 Å². The molecule has 0 aliphatic carbocycles. The van der Waals surface area contributed by atoms with Gasteiger partial charge in [-0.2, -0.15) is 0 Å². The van der Waals surface area contributed by atoms with Crippen LogP contribution in [0.2, 0.25) is 0 Å². The summed E-state index contributed by atoms with van der Waals surface area (Å²) >= 11 is 0. The van der Waals surface area contributed by atoms with Gasteiger partial charge in [0.2, 0.25) is 0 Å². The van der Waals surface area contributed by atoms with Gasteiger partial charge in [-0.25, -0.2) is 0 Å². The van der Waals surface area contributed by atoms with Crippen LogP contribution in [-0.2, 0) is 6.42 Å². The molecule has 0 saturated heterocycles. The van der Waals surface area contributed by atoms with Crippen molar-refractivity contribution in [1.82, 2.24) is 4.90 Å². The molecular weight excluding hydrogens is 318 g/mol. The van der Waals surface area contributed by atoms with E-state index in [1.165, 1.54) is 5.56 Å². The number of hydrogen-bond donors (Lipinski definition) is 0. The first-order chi connectivity index (χ1) is 12.8. The molecule has 1 atom stereocenters. The molecule has 0 fully saturated rings. The molecule has 26 heavy (non-hydrogen) atoms. The summed E-state index contributed by atoms with van der Waals surface area (Å²) in [6.07, 6.45) is 2.98. The van der Waals surface area contributed by atoms with E-state index in [9.17, 15) is 4.79 Å². The number of hydrogen-bond acceptors (Lipinski definition) is 1. The second-order valence-corrected chi connectivity index (χ2v) is 6.59. The molecule has 128 valence electrons. The normalized spacial score (nSPS) is 16.0. The molecule has 1 aliphatic rings. The van der Waals surface area contributed by atoms with Crippen molar-refractivity contribution < 1.29 is 4.79 Å². The van der Waals surface area contributed by atoms with Crippen LogP contribution in [0.15, 0.2) is 91.0 Å². The lowest BCUT2D eigenvalue weighted by Crippen LogP contribution is -2.26. The highest BCUT2D eigenvalue weighted by Gasteiger charge is 2.35. The SMILES string of the molecule is C[C@@H](c1ccccc1)N1C(=O)c2ccccc2/C1=C\Cc1ccccc1. The van der Waals surface area contributed by atoms with Crippen LogP contribution in [0.3, 0.4) is 0 Å². The molecule has 1 heterocycles. The first kappa shape index (κ1) is 16.3. The van der Waals surface area contributed by atoms with Crippen LogP contribution in [0.25, 0.3) is 5.70 Å². The quantitative estimate of drug-likeness (QED) is 0.616. The van der Waals surface area contributed by atoms with Crippen LogP contribution >= 0.6 is 0 Å². The van der Waals surface area contributed by atoms with E-state index in [1.807, 2.05) is 65.6 Å². The van der Waals surface area contributed by atoms with Crippen molar-refractivity contribution in [2.45, 2.75) is 19.4 Å². The maximum atomic E-state index is 13.1. The molecule has 1 aliphatic heterocycles.